The molecule has 1 heterocycles. The number of hydrogen-bond donors (Lipinski definition) is 2. The van der Waals surface area contributed by atoms with Gasteiger partial charge in [-0.25, -0.2) is 0 Å². The van der Waals surface area contributed by atoms with Crippen molar-refractivity contribution in [2.24, 2.45) is 0 Å². The van der Waals surface area contributed by atoms with Crippen molar-refractivity contribution in [2.75, 3.05) is 6.54 Å². The van der Waals surface area contributed by atoms with Crippen LogP contribution in [0.15, 0.2) is 66.7 Å². The SMILES string of the molecule is O[C@H](CN(Cc1ccccc1)[C@@H]1CCCC[C@H]1O)Cn1c2ccc(Cl)cc2c2cc(Cl)ccc21. The molecular formula is C28H30Cl2N2O2. The van der Waals surface area contributed by atoms with Crippen LogP contribution in [0.3, 0.4) is 0 Å². The first-order valence-electron chi connectivity index (χ1n) is 12.0. The smallest absolute Gasteiger partial charge is 0.0846 e. The second kappa shape index (κ2) is 10.3. The molecule has 0 radical (unpaired) electrons. The molecule has 0 saturated heterocycles. The van der Waals surface area contributed by atoms with Crippen molar-refractivity contribution in [2.45, 2.75) is 57.0 Å². The molecule has 0 unspecified atom stereocenters. The van der Waals surface area contributed by atoms with Gasteiger partial charge >= 0.3 is 0 Å². The van der Waals surface area contributed by atoms with Gasteiger partial charge in [0.25, 0.3) is 0 Å². The lowest BCUT2D eigenvalue weighted by atomic mass is 9.90. The van der Waals surface area contributed by atoms with Crippen LogP contribution in [0, 0.1) is 0 Å². The molecule has 1 aliphatic carbocycles. The van der Waals surface area contributed by atoms with E-state index in [0.29, 0.717) is 29.7 Å². The molecule has 34 heavy (non-hydrogen) atoms. The molecule has 178 valence electrons. The number of aliphatic hydroxyl groups is 2. The van der Waals surface area contributed by atoms with Crippen molar-refractivity contribution >= 4 is 45.0 Å². The van der Waals surface area contributed by atoms with Crippen LogP contribution in [-0.2, 0) is 13.1 Å². The van der Waals surface area contributed by atoms with Gasteiger partial charge < -0.3 is 14.8 Å². The van der Waals surface area contributed by atoms with Crippen LogP contribution in [-0.4, -0.2) is 44.5 Å². The van der Waals surface area contributed by atoms with Crippen LogP contribution < -0.4 is 0 Å². The summed E-state index contributed by atoms with van der Waals surface area (Å²) in [4.78, 5) is 2.27. The van der Waals surface area contributed by atoms with E-state index in [4.69, 9.17) is 23.2 Å². The van der Waals surface area contributed by atoms with Crippen molar-refractivity contribution < 1.29 is 10.2 Å². The van der Waals surface area contributed by atoms with Crippen LogP contribution in [0.2, 0.25) is 10.0 Å². The fraction of sp³-hybridized carbons (Fsp3) is 0.357. The van der Waals surface area contributed by atoms with Crippen molar-refractivity contribution in [3.05, 3.63) is 82.3 Å². The minimum Gasteiger partial charge on any atom is -0.391 e. The van der Waals surface area contributed by atoms with Crippen LogP contribution in [0.4, 0.5) is 0 Å². The quantitative estimate of drug-likeness (QED) is 0.317. The molecule has 3 atom stereocenters. The molecule has 1 fully saturated rings. The number of hydrogen-bond acceptors (Lipinski definition) is 3. The zero-order valence-electron chi connectivity index (χ0n) is 19.1. The molecule has 0 spiro atoms. The molecular weight excluding hydrogens is 467 g/mol. The fourth-order valence-corrected chi connectivity index (χ4v) is 5.78. The molecule has 0 bridgehead atoms. The van der Waals surface area contributed by atoms with Gasteiger partial charge in [0, 0.05) is 51.0 Å². The average molecular weight is 497 g/mol. The number of benzene rings is 3. The summed E-state index contributed by atoms with van der Waals surface area (Å²) in [6.45, 7) is 1.63. The van der Waals surface area contributed by atoms with Gasteiger partial charge in [0.15, 0.2) is 0 Å². The number of fused-ring (bicyclic) bond motifs is 3. The summed E-state index contributed by atoms with van der Waals surface area (Å²) < 4.78 is 2.15. The van der Waals surface area contributed by atoms with Gasteiger partial charge in [0.05, 0.1) is 18.8 Å². The van der Waals surface area contributed by atoms with Crippen molar-refractivity contribution in [3.8, 4) is 0 Å². The van der Waals surface area contributed by atoms with Gasteiger partial charge in [-0.2, -0.15) is 0 Å². The molecule has 4 nitrogen and oxygen atoms in total. The van der Waals surface area contributed by atoms with Gasteiger partial charge in [-0.15, -0.1) is 0 Å². The molecule has 4 aromatic rings. The van der Waals surface area contributed by atoms with Crippen molar-refractivity contribution in [3.63, 3.8) is 0 Å². The van der Waals surface area contributed by atoms with E-state index in [1.807, 2.05) is 54.6 Å². The maximum Gasteiger partial charge on any atom is 0.0846 e. The Hall–Kier alpha value is -2.08. The first-order valence-corrected chi connectivity index (χ1v) is 12.8. The maximum atomic E-state index is 11.3. The van der Waals surface area contributed by atoms with E-state index in [1.165, 1.54) is 5.56 Å². The Morgan fingerprint density at radius 1 is 0.882 bits per heavy atom. The third-order valence-electron chi connectivity index (χ3n) is 7.02. The number of rotatable bonds is 7. The second-order valence-electron chi connectivity index (χ2n) is 9.42. The summed E-state index contributed by atoms with van der Waals surface area (Å²) in [5.41, 5.74) is 3.23. The molecule has 1 aromatic heterocycles. The predicted octanol–water partition coefficient (Wildman–Crippen LogP) is 6.27. The summed E-state index contributed by atoms with van der Waals surface area (Å²) >= 11 is 12.6. The standard InChI is InChI=1S/C28H30Cl2N2O2/c29-20-10-12-25-23(14-20)24-15-21(30)11-13-26(24)32(25)18-22(33)17-31(16-19-6-2-1-3-7-19)27-8-4-5-9-28(27)34/h1-3,6-7,10-15,22,27-28,33-34H,4-5,8-9,16-18H2/t22-,27-,28-/m1/s1. The molecule has 1 saturated carbocycles. The van der Waals surface area contributed by atoms with E-state index in [-0.39, 0.29) is 12.1 Å². The number of aliphatic hydroxyl groups excluding tert-OH is 2. The van der Waals surface area contributed by atoms with Gasteiger partial charge in [-0.05, 0) is 54.8 Å². The highest BCUT2D eigenvalue weighted by molar-refractivity contribution is 6.33. The number of nitrogens with zero attached hydrogens (tertiary/aromatic N) is 2. The molecule has 0 amide bonds. The number of halogens is 2. The lowest BCUT2D eigenvalue weighted by Gasteiger charge is -2.38. The third-order valence-corrected chi connectivity index (χ3v) is 7.49. The molecule has 6 heteroatoms. The van der Waals surface area contributed by atoms with Crippen LogP contribution in [0.25, 0.3) is 21.8 Å². The third kappa shape index (κ3) is 4.98. The fourth-order valence-electron chi connectivity index (χ4n) is 5.44. The maximum absolute atomic E-state index is 11.3. The highest BCUT2D eigenvalue weighted by Gasteiger charge is 2.30. The lowest BCUT2D eigenvalue weighted by Crippen LogP contribution is -2.48. The Morgan fingerprint density at radius 2 is 1.50 bits per heavy atom. The monoisotopic (exact) mass is 496 g/mol. The average Bonchev–Trinajstić information content (AvgIpc) is 3.11. The first-order chi connectivity index (χ1) is 16.5. The topological polar surface area (TPSA) is 48.6 Å². The van der Waals surface area contributed by atoms with E-state index in [2.05, 4.69) is 21.6 Å². The lowest BCUT2D eigenvalue weighted by molar-refractivity contribution is -0.00857. The van der Waals surface area contributed by atoms with Gasteiger partial charge in [-0.3, -0.25) is 4.90 Å². The van der Waals surface area contributed by atoms with E-state index < -0.39 is 6.10 Å². The minimum absolute atomic E-state index is 0.0550. The Labute approximate surface area is 210 Å². The van der Waals surface area contributed by atoms with E-state index >= 15 is 0 Å². The Balaban J connectivity index is 1.44. The molecule has 1 aliphatic rings. The van der Waals surface area contributed by atoms with Gasteiger partial charge in [0.1, 0.15) is 0 Å². The highest BCUT2D eigenvalue weighted by Crippen LogP contribution is 2.33. The van der Waals surface area contributed by atoms with Crippen LogP contribution in [0.5, 0.6) is 0 Å². The van der Waals surface area contributed by atoms with E-state index in [9.17, 15) is 10.2 Å². The summed E-state index contributed by atoms with van der Waals surface area (Å²) in [7, 11) is 0. The summed E-state index contributed by atoms with van der Waals surface area (Å²) in [6.07, 6.45) is 2.97. The summed E-state index contributed by atoms with van der Waals surface area (Å²) in [5.74, 6) is 0. The van der Waals surface area contributed by atoms with Gasteiger partial charge in [-0.1, -0.05) is 66.4 Å². The summed E-state index contributed by atoms with van der Waals surface area (Å²) in [6, 6.07) is 22.0. The molecule has 5 rings (SSSR count). The number of aromatic nitrogens is 1. The first kappa shape index (κ1) is 23.7. The largest absolute Gasteiger partial charge is 0.391 e. The molecule has 0 aliphatic heterocycles. The molecule has 2 N–H and O–H groups in total. The van der Waals surface area contributed by atoms with E-state index in [1.54, 1.807) is 0 Å². The Kier molecular flexibility index (Phi) is 7.14. The van der Waals surface area contributed by atoms with Crippen LogP contribution >= 0.6 is 23.2 Å². The Bertz CT molecular complexity index is 1210. The summed E-state index contributed by atoms with van der Waals surface area (Å²) in [5, 5.41) is 25.5. The zero-order valence-corrected chi connectivity index (χ0v) is 20.6. The van der Waals surface area contributed by atoms with E-state index in [0.717, 1.165) is 47.5 Å². The second-order valence-corrected chi connectivity index (χ2v) is 10.3. The predicted molar refractivity (Wildman–Crippen MR) is 141 cm³/mol. The zero-order chi connectivity index (χ0) is 23.7. The van der Waals surface area contributed by atoms with Crippen molar-refractivity contribution in [1.29, 1.82) is 0 Å². The van der Waals surface area contributed by atoms with Gasteiger partial charge in [0.2, 0.25) is 0 Å². The van der Waals surface area contributed by atoms with Crippen molar-refractivity contribution in [1.82, 2.24) is 9.47 Å². The molecule has 3 aromatic carbocycles. The van der Waals surface area contributed by atoms with Crippen LogP contribution in [0.1, 0.15) is 31.2 Å². The Morgan fingerprint density at radius 3 is 2.12 bits per heavy atom. The minimum atomic E-state index is -0.608. The normalized spacial score (nSPS) is 19.8. The highest BCUT2D eigenvalue weighted by atomic mass is 35.5.